The Labute approximate surface area is 126 Å². The van der Waals surface area contributed by atoms with Crippen LogP contribution in [0, 0.1) is 6.92 Å². The van der Waals surface area contributed by atoms with E-state index in [0.29, 0.717) is 33.5 Å². The molecule has 2 heterocycles. The molecule has 0 bridgehead atoms. The van der Waals surface area contributed by atoms with Crippen LogP contribution in [-0.2, 0) is 0 Å². The van der Waals surface area contributed by atoms with Crippen molar-refractivity contribution in [2.75, 3.05) is 6.54 Å². The number of fused-ring (bicyclic) bond motifs is 1. The molecule has 0 aromatic carbocycles. The average Bonchev–Trinajstić information content (AvgIpc) is 2.83. The first-order valence-corrected chi connectivity index (χ1v) is 7.71. The molecule has 21 heavy (non-hydrogen) atoms. The maximum atomic E-state index is 12.3. The van der Waals surface area contributed by atoms with Gasteiger partial charge in [0.1, 0.15) is 4.83 Å². The minimum absolute atomic E-state index is 0.191. The number of aryl methyl sites for hydroxylation is 1. The van der Waals surface area contributed by atoms with E-state index in [1.807, 2.05) is 13.8 Å². The Morgan fingerprint density at radius 1 is 1.48 bits per heavy atom. The van der Waals surface area contributed by atoms with Crippen molar-refractivity contribution in [3.63, 3.8) is 0 Å². The Kier molecular flexibility index (Phi) is 4.43. The molecule has 3 N–H and O–H groups in total. The van der Waals surface area contributed by atoms with E-state index in [-0.39, 0.29) is 18.0 Å². The third-order valence-corrected chi connectivity index (χ3v) is 5.03. The Morgan fingerprint density at radius 3 is 2.71 bits per heavy atom. The second kappa shape index (κ2) is 5.95. The van der Waals surface area contributed by atoms with Gasteiger partial charge >= 0.3 is 0 Å². The number of aromatic amines is 1. The van der Waals surface area contributed by atoms with Gasteiger partial charge in [-0.3, -0.25) is 9.59 Å². The van der Waals surface area contributed by atoms with Crippen molar-refractivity contribution in [1.82, 2.24) is 15.3 Å². The number of carbonyl (C=O) groups excluding carboxylic acids is 1. The minimum atomic E-state index is -0.893. The molecule has 2 aromatic heterocycles. The smallest absolute Gasteiger partial charge is 0.261 e. The lowest BCUT2D eigenvalue weighted by molar-refractivity contribution is 0.0314. The molecule has 0 radical (unpaired) electrons. The molecule has 2 aromatic rings. The molecule has 2 rings (SSSR count). The first-order chi connectivity index (χ1) is 9.91. The summed E-state index contributed by atoms with van der Waals surface area (Å²) in [5, 5.41) is 13.4. The summed E-state index contributed by atoms with van der Waals surface area (Å²) < 4.78 is 0. The second-order valence-electron chi connectivity index (χ2n) is 5.08. The third kappa shape index (κ3) is 2.98. The SMILES string of the molecule is CCC(O)(CC)CNC(=O)c1sc2nc[nH]c(=O)c2c1C. The molecule has 0 saturated heterocycles. The minimum Gasteiger partial charge on any atom is -0.388 e. The maximum Gasteiger partial charge on any atom is 0.261 e. The van der Waals surface area contributed by atoms with Crippen LogP contribution in [0.4, 0.5) is 0 Å². The zero-order chi connectivity index (χ0) is 15.6. The highest BCUT2D eigenvalue weighted by atomic mass is 32.1. The monoisotopic (exact) mass is 309 g/mol. The normalized spacial score (nSPS) is 11.8. The van der Waals surface area contributed by atoms with Gasteiger partial charge in [0.15, 0.2) is 0 Å². The highest BCUT2D eigenvalue weighted by molar-refractivity contribution is 7.20. The summed E-state index contributed by atoms with van der Waals surface area (Å²) in [6.07, 6.45) is 2.46. The van der Waals surface area contributed by atoms with Gasteiger partial charge in [-0.25, -0.2) is 4.98 Å². The van der Waals surface area contributed by atoms with Crippen molar-refractivity contribution in [3.05, 3.63) is 27.1 Å². The number of rotatable bonds is 5. The predicted molar refractivity (Wildman–Crippen MR) is 82.8 cm³/mol. The molecule has 0 spiro atoms. The third-order valence-electron chi connectivity index (χ3n) is 3.83. The number of nitrogens with one attached hydrogen (secondary N) is 2. The quantitative estimate of drug-likeness (QED) is 0.781. The molecule has 0 unspecified atom stereocenters. The lowest BCUT2D eigenvalue weighted by Gasteiger charge is -2.25. The summed E-state index contributed by atoms with van der Waals surface area (Å²) in [5.74, 6) is -0.282. The van der Waals surface area contributed by atoms with Crippen LogP contribution >= 0.6 is 11.3 Å². The predicted octanol–water partition coefficient (Wildman–Crippen LogP) is 1.57. The Bertz CT molecular complexity index is 716. The summed E-state index contributed by atoms with van der Waals surface area (Å²) in [7, 11) is 0. The average molecular weight is 309 g/mol. The first-order valence-electron chi connectivity index (χ1n) is 6.89. The molecule has 0 fully saturated rings. The number of hydrogen-bond donors (Lipinski definition) is 3. The second-order valence-corrected chi connectivity index (χ2v) is 6.08. The van der Waals surface area contributed by atoms with Gasteiger partial charge in [-0.2, -0.15) is 0 Å². The van der Waals surface area contributed by atoms with Gasteiger partial charge in [0.2, 0.25) is 0 Å². The standard InChI is InChI=1S/C14H19N3O3S/c1-4-14(20,5-2)6-15-12(19)10-8(3)9-11(18)16-7-17-13(9)21-10/h7,20H,4-6H2,1-3H3,(H,15,19)(H,16,17,18). The number of nitrogens with zero attached hydrogens (tertiary/aromatic N) is 1. The topological polar surface area (TPSA) is 95.1 Å². The molecule has 7 heteroatoms. The number of amides is 1. The van der Waals surface area contributed by atoms with Gasteiger partial charge in [-0.05, 0) is 25.3 Å². The van der Waals surface area contributed by atoms with Crippen LogP contribution in [0.15, 0.2) is 11.1 Å². The molecular weight excluding hydrogens is 290 g/mol. The Balaban J connectivity index is 2.27. The highest BCUT2D eigenvalue weighted by Gasteiger charge is 2.24. The van der Waals surface area contributed by atoms with E-state index >= 15 is 0 Å². The Hall–Kier alpha value is -1.73. The Morgan fingerprint density at radius 2 is 2.14 bits per heavy atom. The molecule has 1 amide bonds. The van der Waals surface area contributed by atoms with Crippen molar-refractivity contribution >= 4 is 27.5 Å². The van der Waals surface area contributed by atoms with Crippen molar-refractivity contribution in [1.29, 1.82) is 0 Å². The molecule has 0 aliphatic heterocycles. The summed E-state index contributed by atoms with van der Waals surface area (Å²) >= 11 is 1.19. The van der Waals surface area contributed by atoms with E-state index in [1.165, 1.54) is 17.7 Å². The molecule has 0 aliphatic carbocycles. The number of aromatic nitrogens is 2. The fourth-order valence-corrected chi connectivity index (χ4v) is 3.19. The van der Waals surface area contributed by atoms with Gasteiger partial charge in [0.25, 0.3) is 11.5 Å². The molecule has 0 atom stereocenters. The van der Waals surface area contributed by atoms with Gasteiger partial charge < -0.3 is 15.4 Å². The van der Waals surface area contributed by atoms with Crippen LogP contribution in [-0.4, -0.2) is 33.1 Å². The summed E-state index contributed by atoms with van der Waals surface area (Å²) in [6.45, 7) is 5.68. The van der Waals surface area contributed by atoms with Crippen LogP contribution in [0.3, 0.4) is 0 Å². The maximum absolute atomic E-state index is 12.3. The fraction of sp³-hybridized carbons (Fsp3) is 0.500. The van der Waals surface area contributed by atoms with Crippen molar-refractivity contribution in [2.45, 2.75) is 39.2 Å². The van der Waals surface area contributed by atoms with Crippen molar-refractivity contribution in [3.8, 4) is 0 Å². The lowest BCUT2D eigenvalue weighted by atomic mass is 9.97. The summed E-state index contributed by atoms with van der Waals surface area (Å²) in [6, 6.07) is 0. The zero-order valence-corrected chi connectivity index (χ0v) is 13.1. The zero-order valence-electron chi connectivity index (χ0n) is 12.3. The number of hydrogen-bond acceptors (Lipinski definition) is 5. The first kappa shape index (κ1) is 15.7. The van der Waals surface area contributed by atoms with Crippen LogP contribution in [0.5, 0.6) is 0 Å². The van der Waals surface area contributed by atoms with E-state index < -0.39 is 5.60 Å². The molecule has 6 nitrogen and oxygen atoms in total. The van der Waals surface area contributed by atoms with E-state index in [0.717, 1.165) is 0 Å². The van der Waals surface area contributed by atoms with E-state index in [2.05, 4.69) is 15.3 Å². The lowest BCUT2D eigenvalue weighted by Crippen LogP contribution is -2.42. The van der Waals surface area contributed by atoms with Gasteiger partial charge in [-0.1, -0.05) is 13.8 Å². The van der Waals surface area contributed by atoms with E-state index in [9.17, 15) is 14.7 Å². The molecule has 0 aliphatic rings. The van der Waals surface area contributed by atoms with Gasteiger partial charge in [0.05, 0.1) is 22.2 Å². The van der Waals surface area contributed by atoms with Gasteiger partial charge in [0, 0.05) is 6.54 Å². The van der Waals surface area contributed by atoms with E-state index in [1.54, 1.807) is 6.92 Å². The van der Waals surface area contributed by atoms with Crippen molar-refractivity contribution in [2.24, 2.45) is 0 Å². The number of aliphatic hydroxyl groups is 1. The number of H-pyrrole nitrogens is 1. The molecule has 114 valence electrons. The molecule has 0 saturated carbocycles. The van der Waals surface area contributed by atoms with Crippen molar-refractivity contribution < 1.29 is 9.90 Å². The van der Waals surface area contributed by atoms with Gasteiger partial charge in [-0.15, -0.1) is 11.3 Å². The largest absolute Gasteiger partial charge is 0.388 e. The van der Waals surface area contributed by atoms with Crippen LogP contribution < -0.4 is 10.9 Å². The number of carbonyl (C=O) groups is 1. The highest BCUT2D eigenvalue weighted by Crippen LogP contribution is 2.26. The van der Waals surface area contributed by atoms with E-state index in [4.69, 9.17) is 0 Å². The summed E-state index contributed by atoms with van der Waals surface area (Å²) in [5.41, 5.74) is -0.513. The van der Waals surface area contributed by atoms with Crippen LogP contribution in [0.1, 0.15) is 41.9 Å². The fourth-order valence-electron chi connectivity index (χ4n) is 2.12. The summed E-state index contributed by atoms with van der Waals surface area (Å²) in [4.78, 5) is 31.7. The van der Waals surface area contributed by atoms with Crippen LogP contribution in [0.25, 0.3) is 10.2 Å². The molecular formula is C14H19N3O3S. The van der Waals surface area contributed by atoms with Crippen LogP contribution in [0.2, 0.25) is 0 Å². The number of thiophene rings is 1.